The average Bonchev–Trinajstić information content (AvgIpc) is 2.92. The van der Waals surface area contributed by atoms with Crippen molar-refractivity contribution in [3.8, 4) is 5.75 Å². The number of imidazole rings is 1. The van der Waals surface area contributed by atoms with E-state index in [4.69, 9.17) is 4.74 Å². The zero-order chi connectivity index (χ0) is 15.4. The molecule has 0 fully saturated rings. The highest BCUT2D eigenvalue weighted by Gasteiger charge is 2.07. The normalized spacial score (nSPS) is 11.2. The van der Waals surface area contributed by atoms with E-state index < -0.39 is 0 Å². The second-order valence-corrected chi connectivity index (χ2v) is 4.78. The fraction of sp³-hybridized carbons (Fsp3) is 0.176. The zero-order valence-electron chi connectivity index (χ0n) is 12.7. The van der Waals surface area contributed by atoms with E-state index in [0.29, 0.717) is 0 Å². The van der Waals surface area contributed by atoms with Gasteiger partial charge in [0.15, 0.2) is 0 Å². The first-order valence-electron chi connectivity index (χ1n) is 7.21. The summed E-state index contributed by atoms with van der Waals surface area (Å²) in [6.07, 6.45) is 1.73. The SMILES string of the molecule is CCn1c(N/N=C\c2ccccc2OC)nc2ccccc21. The smallest absolute Gasteiger partial charge is 0.224 e. The summed E-state index contributed by atoms with van der Waals surface area (Å²) in [5.41, 5.74) is 5.99. The monoisotopic (exact) mass is 294 g/mol. The number of hydrogen-bond acceptors (Lipinski definition) is 4. The van der Waals surface area contributed by atoms with E-state index in [1.54, 1.807) is 13.3 Å². The summed E-state index contributed by atoms with van der Waals surface area (Å²) in [4.78, 5) is 4.56. The maximum Gasteiger partial charge on any atom is 0.224 e. The molecule has 0 atom stereocenters. The molecule has 112 valence electrons. The van der Waals surface area contributed by atoms with Crippen LogP contribution in [0.2, 0.25) is 0 Å². The highest BCUT2D eigenvalue weighted by molar-refractivity contribution is 5.84. The van der Waals surface area contributed by atoms with Crippen molar-refractivity contribution in [2.75, 3.05) is 12.5 Å². The standard InChI is InChI=1S/C17H18N4O/c1-3-21-15-10-6-5-9-14(15)19-17(21)20-18-12-13-8-4-7-11-16(13)22-2/h4-12H,3H2,1-2H3,(H,19,20)/b18-12-. The Morgan fingerprint density at radius 2 is 1.95 bits per heavy atom. The van der Waals surface area contributed by atoms with Crippen LogP contribution in [0.25, 0.3) is 11.0 Å². The van der Waals surface area contributed by atoms with Crippen molar-refractivity contribution in [1.29, 1.82) is 0 Å². The summed E-state index contributed by atoms with van der Waals surface area (Å²) in [6.45, 7) is 2.91. The summed E-state index contributed by atoms with van der Waals surface area (Å²) >= 11 is 0. The van der Waals surface area contributed by atoms with Crippen molar-refractivity contribution in [2.24, 2.45) is 5.10 Å². The zero-order valence-corrected chi connectivity index (χ0v) is 12.7. The molecular weight excluding hydrogens is 276 g/mol. The molecule has 1 aromatic heterocycles. The largest absolute Gasteiger partial charge is 0.496 e. The van der Waals surface area contributed by atoms with Gasteiger partial charge in [0, 0.05) is 12.1 Å². The Morgan fingerprint density at radius 3 is 2.77 bits per heavy atom. The molecule has 0 aliphatic carbocycles. The van der Waals surface area contributed by atoms with Gasteiger partial charge in [-0.15, -0.1) is 0 Å². The third kappa shape index (κ3) is 2.65. The molecular formula is C17H18N4O. The van der Waals surface area contributed by atoms with Crippen molar-refractivity contribution in [1.82, 2.24) is 9.55 Å². The number of fused-ring (bicyclic) bond motifs is 1. The van der Waals surface area contributed by atoms with Gasteiger partial charge in [-0.1, -0.05) is 24.3 Å². The molecule has 5 nitrogen and oxygen atoms in total. The fourth-order valence-electron chi connectivity index (χ4n) is 2.41. The highest BCUT2D eigenvalue weighted by Crippen LogP contribution is 2.19. The molecule has 0 unspecified atom stereocenters. The van der Waals surface area contributed by atoms with E-state index in [1.807, 2.05) is 42.5 Å². The Morgan fingerprint density at radius 1 is 1.18 bits per heavy atom. The van der Waals surface area contributed by atoms with Crippen LogP contribution in [0.3, 0.4) is 0 Å². The number of aryl methyl sites for hydroxylation is 1. The molecule has 3 aromatic rings. The van der Waals surface area contributed by atoms with Gasteiger partial charge in [-0.25, -0.2) is 10.4 Å². The molecule has 0 saturated heterocycles. The first kappa shape index (κ1) is 14.1. The molecule has 0 aliphatic rings. The van der Waals surface area contributed by atoms with Gasteiger partial charge in [0.2, 0.25) is 5.95 Å². The molecule has 0 radical (unpaired) electrons. The lowest BCUT2D eigenvalue weighted by Gasteiger charge is -2.05. The van der Waals surface area contributed by atoms with Crippen LogP contribution in [0.15, 0.2) is 53.6 Å². The van der Waals surface area contributed by atoms with Gasteiger partial charge < -0.3 is 9.30 Å². The Bertz CT molecular complexity index is 807. The highest BCUT2D eigenvalue weighted by atomic mass is 16.5. The summed E-state index contributed by atoms with van der Waals surface area (Å²) in [5, 5.41) is 4.29. The second-order valence-electron chi connectivity index (χ2n) is 4.78. The number of para-hydroxylation sites is 3. The first-order valence-corrected chi connectivity index (χ1v) is 7.21. The second kappa shape index (κ2) is 6.30. The number of aromatic nitrogens is 2. The fourth-order valence-corrected chi connectivity index (χ4v) is 2.41. The molecule has 3 rings (SSSR count). The Hall–Kier alpha value is -2.82. The lowest BCUT2D eigenvalue weighted by atomic mass is 10.2. The lowest BCUT2D eigenvalue weighted by molar-refractivity contribution is 0.414. The number of ether oxygens (including phenoxy) is 1. The molecule has 5 heteroatoms. The number of methoxy groups -OCH3 is 1. The maximum absolute atomic E-state index is 5.30. The number of nitrogens with zero attached hydrogens (tertiary/aromatic N) is 3. The number of anilines is 1. The predicted molar refractivity (Wildman–Crippen MR) is 89.6 cm³/mol. The van der Waals surface area contributed by atoms with Gasteiger partial charge in [0.05, 0.1) is 24.4 Å². The molecule has 0 amide bonds. The Kier molecular flexibility index (Phi) is 4.05. The molecule has 1 heterocycles. The van der Waals surface area contributed by atoms with Crippen molar-refractivity contribution in [3.63, 3.8) is 0 Å². The van der Waals surface area contributed by atoms with Crippen LogP contribution in [-0.4, -0.2) is 22.9 Å². The van der Waals surface area contributed by atoms with Crippen molar-refractivity contribution in [2.45, 2.75) is 13.5 Å². The average molecular weight is 294 g/mol. The van der Waals surface area contributed by atoms with Crippen LogP contribution in [0.5, 0.6) is 5.75 Å². The summed E-state index contributed by atoms with van der Waals surface area (Å²) < 4.78 is 7.39. The molecule has 0 spiro atoms. The lowest BCUT2D eigenvalue weighted by Crippen LogP contribution is -2.02. The Balaban J connectivity index is 1.86. The van der Waals surface area contributed by atoms with E-state index in [2.05, 4.69) is 33.1 Å². The third-order valence-corrected chi connectivity index (χ3v) is 3.48. The minimum atomic E-state index is 0.731. The first-order chi connectivity index (χ1) is 10.8. The van der Waals surface area contributed by atoms with E-state index in [0.717, 1.165) is 34.8 Å². The van der Waals surface area contributed by atoms with Crippen LogP contribution in [0.4, 0.5) is 5.95 Å². The molecule has 22 heavy (non-hydrogen) atoms. The van der Waals surface area contributed by atoms with Gasteiger partial charge in [-0.3, -0.25) is 0 Å². The summed E-state index contributed by atoms with van der Waals surface area (Å²) in [5.74, 6) is 1.52. The third-order valence-electron chi connectivity index (χ3n) is 3.48. The van der Waals surface area contributed by atoms with E-state index in [9.17, 15) is 0 Å². The van der Waals surface area contributed by atoms with Crippen LogP contribution in [0, 0.1) is 0 Å². The minimum absolute atomic E-state index is 0.731. The molecule has 0 bridgehead atoms. The van der Waals surface area contributed by atoms with Gasteiger partial charge in [-0.05, 0) is 31.2 Å². The molecule has 2 aromatic carbocycles. The Labute approximate surface area is 129 Å². The molecule has 0 aliphatic heterocycles. The van der Waals surface area contributed by atoms with Crippen molar-refractivity contribution < 1.29 is 4.74 Å². The van der Waals surface area contributed by atoms with Gasteiger partial charge in [0.1, 0.15) is 5.75 Å². The predicted octanol–water partition coefficient (Wildman–Crippen LogP) is 3.51. The van der Waals surface area contributed by atoms with Gasteiger partial charge >= 0.3 is 0 Å². The number of benzene rings is 2. The maximum atomic E-state index is 5.30. The molecule has 0 saturated carbocycles. The van der Waals surface area contributed by atoms with Crippen molar-refractivity contribution in [3.05, 3.63) is 54.1 Å². The summed E-state index contributed by atoms with van der Waals surface area (Å²) in [6, 6.07) is 15.8. The van der Waals surface area contributed by atoms with Crippen LogP contribution in [0.1, 0.15) is 12.5 Å². The number of hydrogen-bond donors (Lipinski definition) is 1. The van der Waals surface area contributed by atoms with E-state index in [-0.39, 0.29) is 0 Å². The summed E-state index contributed by atoms with van der Waals surface area (Å²) in [7, 11) is 1.65. The number of rotatable bonds is 5. The van der Waals surface area contributed by atoms with E-state index in [1.165, 1.54) is 0 Å². The van der Waals surface area contributed by atoms with Crippen molar-refractivity contribution >= 4 is 23.2 Å². The topological polar surface area (TPSA) is 51.4 Å². The quantitative estimate of drug-likeness (QED) is 0.578. The van der Waals surface area contributed by atoms with Crippen LogP contribution < -0.4 is 10.2 Å². The number of hydrazone groups is 1. The minimum Gasteiger partial charge on any atom is -0.496 e. The van der Waals surface area contributed by atoms with Crippen LogP contribution >= 0.6 is 0 Å². The van der Waals surface area contributed by atoms with E-state index >= 15 is 0 Å². The van der Waals surface area contributed by atoms with Crippen LogP contribution in [-0.2, 0) is 6.54 Å². The molecule has 1 N–H and O–H groups in total. The van der Waals surface area contributed by atoms with Gasteiger partial charge in [-0.2, -0.15) is 5.10 Å². The van der Waals surface area contributed by atoms with Gasteiger partial charge in [0.25, 0.3) is 0 Å². The number of nitrogens with one attached hydrogen (secondary N) is 1.